The van der Waals surface area contributed by atoms with Gasteiger partial charge in [0.15, 0.2) is 0 Å². The maximum Gasteiger partial charge on any atom is 0.0967 e. The molecule has 0 bridgehead atoms. The summed E-state index contributed by atoms with van der Waals surface area (Å²) in [5, 5.41) is 3.10. The summed E-state index contributed by atoms with van der Waals surface area (Å²) in [6, 6.07) is 8.18. The van der Waals surface area contributed by atoms with Crippen molar-refractivity contribution in [2.24, 2.45) is 5.73 Å². The maximum atomic E-state index is 5.60. The molecule has 0 fully saturated rings. The average Bonchev–Trinajstić information content (AvgIpc) is 2.04. The highest BCUT2D eigenvalue weighted by atomic mass is 15.0. The first-order valence-electron chi connectivity index (χ1n) is 3.67. The molecule has 0 aliphatic carbocycles. The summed E-state index contributed by atoms with van der Waals surface area (Å²) < 4.78 is 0. The number of hydrogen-bond donors (Lipinski definition) is 2. The third-order valence-corrected chi connectivity index (χ3v) is 1.84. The molecule has 0 unspecified atom stereocenters. The molecule has 0 radical (unpaired) electrons. The normalized spacial score (nSPS) is 14.7. The second-order valence-electron chi connectivity index (χ2n) is 2.65. The van der Waals surface area contributed by atoms with Gasteiger partial charge < -0.3 is 11.1 Å². The monoisotopic (exact) mass is 146 g/mol. The van der Waals surface area contributed by atoms with Crippen LogP contribution in [0.25, 0.3) is 0 Å². The van der Waals surface area contributed by atoms with Gasteiger partial charge in [0.25, 0.3) is 0 Å². The minimum Gasteiger partial charge on any atom is -0.386 e. The van der Waals surface area contributed by atoms with Crippen molar-refractivity contribution < 1.29 is 0 Å². The quantitative estimate of drug-likeness (QED) is 0.581. The molecule has 0 spiro atoms. The molecular formula is C9H10N2. The highest BCUT2D eigenvalue weighted by Gasteiger charge is 2.05. The molecule has 0 saturated heterocycles. The van der Waals surface area contributed by atoms with E-state index in [4.69, 9.17) is 5.73 Å². The number of allylic oxidation sites excluding steroid dienone is 1. The van der Waals surface area contributed by atoms with E-state index in [0.717, 1.165) is 17.9 Å². The van der Waals surface area contributed by atoms with Crippen molar-refractivity contribution in [2.45, 2.75) is 6.42 Å². The molecule has 2 rings (SSSR count). The van der Waals surface area contributed by atoms with E-state index in [0.29, 0.717) is 0 Å². The lowest BCUT2D eigenvalue weighted by molar-refractivity contribution is 1.14. The van der Waals surface area contributed by atoms with Crippen molar-refractivity contribution >= 4 is 5.69 Å². The van der Waals surface area contributed by atoms with Gasteiger partial charge in [-0.15, -0.1) is 0 Å². The zero-order chi connectivity index (χ0) is 7.68. The number of para-hydroxylation sites is 1. The molecule has 1 heterocycles. The third kappa shape index (κ3) is 1.07. The molecular weight excluding hydrogens is 136 g/mol. The van der Waals surface area contributed by atoms with Crippen molar-refractivity contribution in [2.75, 3.05) is 5.32 Å². The first-order valence-corrected chi connectivity index (χ1v) is 3.67. The second kappa shape index (κ2) is 2.31. The Labute approximate surface area is 65.7 Å². The van der Waals surface area contributed by atoms with Crippen molar-refractivity contribution in [3.8, 4) is 0 Å². The van der Waals surface area contributed by atoms with E-state index in [9.17, 15) is 0 Å². The predicted molar refractivity (Wildman–Crippen MR) is 46.0 cm³/mol. The second-order valence-corrected chi connectivity index (χ2v) is 2.65. The first kappa shape index (κ1) is 6.28. The Kier molecular flexibility index (Phi) is 1.32. The number of benzene rings is 1. The zero-order valence-corrected chi connectivity index (χ0v) is 6.17. The summed E-state index contributed by atoms with van der Waals surface area (Å²) >= 11 is 0. The molecule has 0 amide bonds. The Morgan fingerprint density at radius 3 is 3.00 bits per heavy atom. The number of fused-ring (bicyclic) bond motifs is 1. The minimum absolute atomic E-state index is 0.753. The number of rotatable bonds is 0. The largest absolute Gasteiger partial charge is 0.386 e. The van der Waals surface area contributed by atoms with Gasteiger partial charge in [0.05, 0.1) is 5.82 Å². The van der Waals surface area contributed by atoms with Gasteiger partial charge in [-0.3, -0.25) is 0 Å². The van der Waals surface area contributed by atoms with Crippen LogP contribution in [0.5, 0.6) is 0 Å². The number of nitrogens with one attached hydrogen (secondary N) is 1. The van der Waals surface area contributed by atoms with Gasteiger partial charge in [-0.2, -0.15) is 0 Å². The smallest absolute Gasteiger partial charge is 0.0967 e. The van der Waals surface area contributed by atoms with E-state index in [1.165, 1.54) is 5.56 Å². The van der Waals surface area contributed by atoms with Crippen LogP contribution in [0.4, 0.5) is 5.69 Å². The van der Waals surface area contributed by atoms with E-state index in [-0.39, 0.29) is 0 Å². The van der Waals surface area contributed by atoms with Crippen LogP contribution in [0.3, 0.4) is 0 Å². The molecule has 1 aromatic rings. The Hall–Kier alpha value is -1.44. The topological polar surface area (TPSA) is 38.0 Å². The summed E-state index contributed by atoms with van der Waals surface area (Å²) in [5.41, 5.74) is 8.04. The van der Waals surface area contributed by atoms with Crippen LogP contribution in [0.1, 0.15) is 5.56 Å². The number of nitrogens with two attached hydrogens (primary N) is 1. The van der Waals surface area contributed by atoms with Crippen LogP contribution in [0.15, 0.2) is 36.2 Å². The lowest BCUT2D eigenvalue weighted by Gasteiger charge is -2.15. The molecule has 11 heavy (non-hydrogen) atoms. The Morgan fingerprint density at radius 1 is 1.27 bits per heavy atom. The van der Waals surface area contributed by atoms with Crippen LogP contribution in [-0.2, 0) is 6.42 Å². The summed E-state index contributed by atoms with van der Waals surface area (Å²) in [6.45, 7) is 0. The van der Waals surface area contributed by atoms with Gasteiger partial charge in [-0.25, -0.2) is 0 Å². The van der Waals surface area contributed by atoms with Gasteiger partial charge in [0.1, 0.15) is 0 Å². The van der Waals surface area contributed by atoms with E-state index in [1.807, 2.05) is 24.3 Å². The zero-order valence-electron chi connectivity index (χ0n) is 6.17. The summed E-state index contributed by atoms with van der Waals surface area (Å²) in [5.74, 6) is 0.753. The lowest BCUT2D eigenvalue weighted by Crippen LogP contribution is -2.14. The van der Waals surface area contributed by atoms with Crippen LogP contribution in [-0.4, -0.2) is 0 Å². The molecule has 0 aromatic heterocycles. The fourth-order valence-electron chi connectivity index (χ4n) is 1.25. The summed E-state index contributed by atoms with van der Waals surface area (Å²) in [7, 11) is 0. The van der Waals surface area contributed by atoms with Gasteiger partial charge in [-0.1, -0.05) is 18.2 Å². The van der Waals surface area contributed by atoms with Crippen LogP contribution in [0, 0.1) is 0 Å². The van der Waals surface area contributed by atoms with E-state index in [1.54, 1.807) is 0 Å². The average molecular weight is 146 g/mol. The van der Waals surface area contributed by atoms with Gasteiger partial charge >= 0.3 is 0 Å². The van der Waals surface area contributed by atoms with E-state index < -0.39 is 0 Å². The fraction of sp³-hybridized carbons (Fsp3) is 0.111. The third-order valence-electron chi connectivity index (χ3n) is 1.84. The van der Waals surface area contributed by atoms with Crippen molar-refractivity contribution in [1.82, 2.24) is 0 Å². The van der Waals surface area contributed by atoms with Crippen LogP contribution in [0.2, 0.25) is 0 Å². The Bertz CT molecular complexity index is 302. The standard InChI is InChI=1S/C9H10N2/c10-9-6-5-7-3-1-2-4-8(7)11-9/h1-4,6,11H,5,10H2. The van der Waals surface area contributed by atoms with Crippen LogP contribution >= 0.6 is 0 Å². The predicted octanol–water partition coefficient (Wildman–Crippen LogP) is 1.45. The van der Waals surface area contributed by atoms with Crippen molar-refractivity contribution in [3.63, 3.8) is 0 Å². The molecule has 1 aromatic carbocycles. The minimum atomic E-state index is 0.753. The number of anilines is 1. The van der Waals surface area contributed by atoms with Gasteiger partial charge in [-0.05, 0) is 24.1 Å². The fourth-order valence-corrected chi connectivity index (χ4v) is 1.25. The van der Waals surface area contributed by atoms with Crippen LogP contribution < -0.4 is 11.1 Å². The lowest BCUT2D eigenvalue weighted by atomic mass is 10.1. The molecule has 56 valence electrons. The van der Waals surface area contributed by atoms with Gasteiger partial charge in [0.2, 0.25) is 0 Å². The molecule has 2 nitrogen and oxygen atoms in total. The highest BCUT2D eigenvalue weighted by molar-refractivity contribution is 5.57. The SMILES string of the molecule is NC1=CCc2ccccc2N1. The molecule has 1 aliphatic rings. The Morgan fingerprint density at radius 2 is 2.09 bits per heavy atom. The van der Waals surface area contributed by atoms with E-state index in [2.05, 4.69) is 11.4 Å². The first-order chi connectivity index (χ1) is 5.36. The molecule has 0 saturated carbocycles. The molecule has 1 aliphatic heterocycles. The van der Waals surface area contributed by atoms with Gasteiger partial charge in [0, 0.05) is 5.69 Å². The Balaban J connectivity index is 2.42. The summed E-state index contributed by atoms with van der Waals surface area (Å²) in [6.07, 6.45) is 2.93. The highest BCUT2D eigenvalue weighted by Crippen LogP contribution is 2.20. The van der Waals surface area contributed by atoms with Crippen molar-refractivity contribution in [1.29, 1.82) is 0 Å². The number of hydrogen-bond acceptors (Lipinski definition) is 2. The van der Waals surface area contributed by atoms with Crippen molar-refractivity contribution in [3.05, 3.63) is 41.7 Å². The maximum absolute atomic E-state index is 5.60. The summed E-state index contributed by atoms with van der Waals surface area (Å²) in [4.78, 5) is 0. The molecule has 2 heteroatoms. The van der Waals surface area contributed by atoms with E-state index >= 15 is 0 Å². The molecule has 0 atom stereocenters. The molecule has 3 N–H and O–H groups in total.